The lowest BCUT2D eigenvalue weighted by Crippen LogP contribution is -2.29. The summed E-state index contributed by atoms with van der Waals surface area (Å²) in [5.74, 6) is 1.10. The monoisotopic (exact) mass is 484 g/mol. The second-order valence-corrected chi connectivity index (χ2v) is 16.8. The van der Waals surface area contributed by atoms with Crippen molar-refractivity contribution in [1.82, 2.24) is 0 Å². The third-order valence-corrected chi connectivity index (χ3v) is 12.7. The zero-order valence-electron chi connectivity index (χ0n) is 23.0. The van der Waals surface area contributed by atoms with Gasteiger partial charge in [-0.05, 0) is 12.2 Å². The molecule has 0 heterocycles. The van der Waals surface area contributed by atoms with Crippen LogP contribution in [0.2, 0.25) is 24.7 Å². The fraction of sp³-hybridized carbons (Fsp3) is 1.00. The van der Waals surface area contributed by atoms with E-state index in [0.717, 1.165) is 5.75 Å². The van der Waals surface area contributed by atoms with Crippen molar-refractivity contribution in [2.24, 2.45) is 0 Å². The average Bonchev–Trinajstić information content (AvgIpc) is 2.80. The molecular formula is C30H64SSi. The van der Waals surface area contributed by atoms with Crippen molar-refractivity contribution in [3.05, 3.63) is 0 Å². The van der Waals surface area contributed by atoms with Gasteiger partial charge in [0.15, 0.2) is 0 Å². The lowest BCUT2D eigenvalue weighted by Gasteiger charge is -2.27. The predicted octanol–water partition coefficient (Wildman–Crippen LogP) is 12.0. The average molecular weight is 485 g/mol. The molecule has 0 aliphatic rings. The van der Waals surface area contributed by atoms with E-state index in [1.165, 1.54) is 154 Å². The molecule has 0 aromatic heterocycles. The van der Waals surface area contributed by atoms with Crippen molar-refractivity contribution < 1.29 is 0 Å². The number of thiol groups is 1. The molecular weight excluding hydrogens is 420 g/mol. The summed E-state index contributed by atoms with van der Waals surface area (Å²) in [4.78, 5) is 0. The molecule has 0 radical (unpaired) electrons. The molecule has 0 saturated heterocycles. The Morgan fingerprint density at radius 1 is 0.375 bits per heavy atom. The summed E-state index contributed by atoms with van der Waals surface area (Å²) in [5, 5.41) is 0. The zero-order chi connectivity index (χ0) is 23.6. The summed E-state index contributed by atoms with van der Waals surface area (Å²) in [6, 6.07) is 4.72. The molecule has 0 aromatic rings. The maximum atomic E-state index is 4.52. The first kappa shape index (κ1) is 32.6. The van der Waals surface area contributed by atoms with Gasteiger partial charge < -0.3 is 0 Å². The summed E-state index contributed by atoms with van der Waals surface area (Å²) in [6.07, 6.45) is 33.7. The molecule has 194 valence electrons. The van der Waals surface area contributed by atoms with Gasteiger partial charge in [-0.2, -0.15) is 12.6 Å². The number of rotatable bonds is 27. The first-order valence-electron chi connectivity index (χ1n) is 15.3. The van der Waals surface area contributed by atoms with Crippen LogP contribution in [0.25, 0.3) is 0 Å². The Morgan fingerprint density at radius 2 is 0.625 bits per heavy atom. The molecule has 0 saturated carbocycles. The second kappa shape index (κ2) is 26.2. The highest BCUT2D eigenvalue weighted by Gasteiger charge is 2.25. The van der Waals surface area contributed by atoms with E-state index in [0.29, 0.717) is 0 Å². The van der Waals surface area contributed by atoms with Crippen LogP contribution in [0.1, 0.15) is 162 Å². The zero-order valence-corrected chi connectivity index (χ0v) is 24.9. The van der Waals surface area contributed by atoms with Crippen LogP contribution in [0.5, 0.6) is 0 Å². The standard InChI is InChI=1S/C30H64SSi/c1-4-6-8-10-12-14-16-18-20-22-24-28-32(3,30-26-27-31)29-25-23-21-19-17-15-13-11-9-7-5-2/h31H,4-30H2,1-3H3. The summed E-state index contributed by atoms with van der Waals surface area (Å²) in [5.41, 5.74) is 0. The molecule has 0 nitrogen and oxygen atoms in total. The fourth-order valence-electron chi connectivity index (χ4n) is 5.31. The second-order valence-electron chi connectivity index (χ2n) is 11.2. The van der Waals surface area contributed by atoms with Crippen molar-refractivity contribution in [3.63, 3.8) is 0 Å². The Hall–Kier alpha value is 0.567. The van der Waals surface area contributed by atoms with E-state index in [1.807, 2.05) is 0 Å². The van der Waals surface area contributed by atoms with Crippen molar-refractivity contribution in [2.75, 3.05) is 5.75 Å². The Labute approximate surface area is 212 Å². The molecule has 0 amide bonds. The largest absolute Gasteiger partial charge is 0.179 e. The van der Waals surface area contributed by atoms with Crippen molar-refractivity contribution in [2.45, 2.75) is 186 Å². The third kappa shape index (κ3) is 23.7. The number of hydrogen-bond acceptors (Lipinski definition) is 1. The van der Waals surface area contributed by atoms with Gasteiger partial charge in [-0.3, -0.25) is 0 Å². The molecule has 32 heavy (non-hydrogen) atoms. The van der Waals surface area contributed by atoms with E-state index in [9.17, 15) is 0 Å². The van der Waals surface area contributed by atoms with Gasteiger partial charge in [0.05, 0.1) is 8.07 Å². The Morgan fingerprint density at radius 3 is 0.906 bits per heavy atom. The summed E-state index contributed by atoms with van der Waals surface area (Å²) < 4.78 is 0. The molecule has 0 rings (SSSR count). The highest BCUT2D eigenvalue weighted by atomic mass is 32.1. The minimum Gasteiger partial charge on any atom is -0.179 e. The molecule has 0 bridgehead atoms. The molecule has 0 aliphatic carbocycles. The van der Waals surface area contributed by atoms with Crippen LogP contribution in [0.15, 0.2) is 0 Å². The lowest BCUT2D eigenvalue weighted by molar-refractivity contribution is 0.551. The molecule has 0 atom stereocenters. The maximum absolute atomic E-state index is 4.52. The SMILES string of the molecule is CCCCCCCCCCCCC[Si](C)(CCCS)CCCCCCCCCCCCC. The topological polar surface area (TPSA) is 0 Å². The number of hydrogen-bond donors (Lipinski definition) is 1. The van der Waals surface area contributed by atoms with Crippen LogP contribution in [0.3, 0.4) is 0 Å². The van der Waals surface area contributed by atoms with E-state index in [1.54, 1.807) is 12.1 Å². The Kier molecular flexibility index (Phi) is 26.6. The maximum Gasteiger partial charge on any atom is 0.0505 e. The first-order chi connectivity index (χ1) is 15.7. The smallest absolute Gasteiger partial charge is 0.0505 e. The Bertz CT molecular complexity index is 318. The van der Waals surface area contributed by atoms with Gasteiger partial charge in [0, 0.05) is 0 Å². The van der Waals surface area contributed by atoms with Gasteiger partial charge in [0.2, 0.25) is 0 Å². The minimum absolute atomic E-state index is 1.01. The van der Waals surface area contributed by atoms with Crippen LogP contribution in [-0.2, 0) is 0 Å². The van der Waals surface area contributed by atoms with E-state index >= 15 is 0 Å². The molecule has 0 unspecified atom stereocenters. The van der Waals surface area contributed by atoms with Crippen molar-refractivity contribution in [1.29, 1.82) is 0 Å². The van der Waals surface area contributed by atoms with Gasteiger partial charge in [0.1, 0.15) is 0 Å². The molecule has 0 N–H and O–H groups in total. The molecule has 0 aliphatic heterocycles. The highest BCUT2D eigenvalue weighted by Crippen LogP contribution is 2.29. The van der Waals surface area contributed by atoms with Gasteiger partial charge >= 0.3 is 0 Å². The molecule has 0 fully saturated rings. The van der Waals surface area contributed by atoms with Crippen molar-refractivity contribution >= 4 is 20.7 Å². The summed E-state index contributed by atoms with van der Waals surface area (Å²) in [6.45, 7) is 7.34. The normalized spacial score (nSPS) is 12.0. The fourth-order valence-corrected chi connectivity index (χ4v) is 9.76. The predicted molar refractivity (Wildman–Crippen MR) is 157 cm³/mol. The summed E-state index contributed by atoms with van der Waals surface area (Å²) in [7, 11) is -1.01. The van der Waals surface area contributed by atoms with E-state index in [-0.39, 0.29) is 0 Å². The Balaban J connectivity index is 3.69. The highest BCUT2D eigenvalue weighted by molar-refractivity contribution is 7.80. The van der Waals surface area contributed by atoms with Crippen LogP contribution < -0.4 is 0 Å². The molecule has 2 heteroatoms. The van der Waals surface area contributed by atoms with Gasteiger partial charge in [-0.25, -0.2) is 0 Å². The molecule has 0 spiro atoms. The van der Waals surface area contributed by atoms with Gasteiger partial charge in [-0.15, -0.1) is 0 Å². The van der Waals surface area contributed by atoms with E-state index < -0.39 is 8.07 Å². The van der Waals surface area contributed by atoms with Crippen molar-refractivity contribution in [3.8, 4) is 0 Å². The van der Waals surface area contributed by atoms with Gasteiger partial charge in [0.25, 0.3) is 0 Å². The van der Waals surface area contributed by atoms with Crippen LogP contribution in [-0.4, -0.2) is 13.8 Å². The molecule has 0 aromatic carbocycles. The summed E-state index contributed by atoms with van der Waals surface area (Å²) >= 11 is 4.52. The van der Waals surface area contributed by atoms with E-state index in [4.69, 9.17) is 0 Å². The van der Waals surface area contributed by atoms with Crippen LogP contribution >= 0.6 is 12.6 Å². The van der Waals surface area contributed by atoms with Crippen LogP contribution in [0.4, 0.5) is 0 Å². The quantitative estimate of drug-likeness (QED) is 0.0668. The lowest BCUT2D eigenvalue weighted by atomic mass is 10.1. The van der Waals surface area contributed by atoms with Crippen LogP contribution in [0, 0.1) is 0 Å². The third-order valence-electron chi connectivity index (χ3n) is 7.71. The minimum atomic E-state index is -1.01. The van der Waals surface area contributed by atoms with Gasteiger partial charge in [-0.1, -0.05) is 180 Å². The first-order valence-corrected chi connectivity index (χ1v) is 19.0. The van der Waals surface area contributed by atoms with E-state index in [2.05, 4.69) is 33.0 Å². The number of unbranched alkanes of at least 4 members (excludes halogenated alkanes) is 20.